The molecule has 1 aliphatic heterocycles. The van der Waals surface area contributed by atoms with Gasteiger partial charge in [0.1, 0.15) is 5.75 Å². The molecule has 0 amide bonds. The van der Waals surface area contributed by atoms with Crippen LogP contribution in [0, 0.1) is 0 Å². The van der Waals surface area contributed by atoms with Crippen LogP contribution in [0.3, 0.4) is 0 Å². The standard InChI is InChI=1S/C19H16ClNO3/c1-2-10-23-16-5-3-4-13(11-16)12-17-19(22)24-18(21-17)14-6-8-15(20)9-7-14/h3-9,11-12H,2,10H2,1H3/b17-12+. The van der Waals surface area contributed by atoms with E-state index in [1.165, 1.54) is 0 Å². The minimum atomic E-state index is -0.472. The first-order valence-corrected chi connectivity index (χ1v) is 8.05. The highest BCUT2D eigenvalue weighted by Crippen LogP contribution is 2.22. The molecule has 0 spiro atoms. The van der Waals surface area contributed by atoms with E-state index < -0.39 is 5.97 Å². The molecule has 0 bridgehead atoms. The van der Waals surface area contributed by atoms with E-state index >= 15 is 0 Å². The highest BCUT2D eigenvalue weighted by atomic mass is 35.5. The maximum atomic E-state index is 12.0. The summed E-state index contributed by atoms with van der Waals surface area (Å²) in [5, 5.41) is 0.614. The number of halogens is 1. The summed E-state index contributed by atoms with van der Waals surface area (Å²) >= 11 is 5.86. The predicted molar refractivity (Wildman–Crippen MR) is 94.3 cm³/mol. The fraction of sp³-hybridized carbons (Fsp3) is 0.158. The maximum absolute atomic E-state index is 12.0. The Morgan fingerprint density at radius 2 is 2.00 bits per heavy atom. The number of hydrogen-bond acceptors (Lipinski definition) is 4. The molecule has 3 rings (SSSR count). The van der Waals surface area contributed by atoms with E-state index in [9.17, 15) is 4.79 Å². The highest BCUT2D eigenvalue weighted by molar-refractivity contribution is 6.30. The van der Waals surface area contributed by atoms with Crippen LogP contribution in [0.15, 0.2) is 59.2 Å². The van der Waals surface area contributed by atoms with Gasteiger partial charge >= 0.3 is 5.97 Å². The van der Waals surface area contributed by atoms with Gasteiger partial charge in [0, 0.05) is 10.6 Å². The zero-order chi connectivity index (χ0) is 16.9. The molecule has 0 fully saturated rings. The van der Waals surface area contributed by atoms with E-state index in [2.05, 4.69) is 4.99 Å². The maximum Gasteiger partial charge on any atom is 0.363 e. The first kappa shape index (κ1) is 16.3. The van der Waals surface area contributed by atoms with E-state index in [1.54, 1.807) is 30.3 Å². The third-order valence-corrected chi connectivity index (χ3v) is 3.60. The van der Waals surface area contributed by atoms with Crippen molar-refractivity contribution in [2.45, 2.75) is 13.3 Å². The molecular weight excluding hydrogens is 326 g/mol. The van der Waals surface area contributed by atoms with Crippen LogP contribution >= 0.6 is 11.6 Å². The second kappa shape index (κ2) is 7.32. The Kier molecular flexibility index (Phi) is 4.96. The molecule has 1 heterocycles. The molecule has 122 valence electrons. The van der Waals surface area contributed by atoms with Gasteiger partial charge in [-0.1, -0.05) is 30.7 Å². The number of rotatable bonds is 5. The lowest BCUT2D eigenvalue weighted by Gasteiger charge is -2.04. The van der Waals surface area contributed by atoms with Crippen molar-refractivity contribution in [3.05, 3.63) is 70.4 Å². The Bertz CT molecular complexity index is 810. The van der Waals surface area contributed by atoms with Gasteiger partial charge in [-0.15, -0.1) is 0 Å². The van der Waals surface area contributed by atoms with Crippen molar-refractivity contribution < 1.29 is 14.3 Å². The summed E-state index contributed by atoms with van der Waals surface area (Å²) in [5.74, 6) is 0.570. The summed E-state index contributed by atoms with van der Waals surface area (Å²) in [6, 6.07) is 14.5. The van der Waals surface area contributed by atoms with Crippen LogP contribution in [0.25, 0.3) is 6.08 Å². The van der Waals surface area contributed by atoms with E-state index in [0.29, 0.717) is 17.2 Å². The summed E-state index contributed by atoms with van der Waals surface area (Å²) in [6.07, 6.45) is 2.62. The average molecular weight is 342 g/mol. The second-order valence-electron chi connectivity index (χ2n) is 5.26. The van der Waals surface area contributed by atoms with Gasteiger partial charge in [0.25, 0.3) is 0 Å². The number of nitrogens with zero attached hydrogens (tertiary/aromatic N) is 1. The Labute approximate surface area is 145 Å². The SMILES string of the molecule is CCCOc1cccc(/C=C2/N=C(c3ccc(Cl)cc3)OC2=O)c1. The van der Waals surface area contributed by atoms with Gasteiger partial charge in [-0.25, -0.2) is 9.79 Å². The second-order valence-corrected chi connectivity index (χ2v) is 5.70. The summed E-state index contributed by atoms with van der Waals surface area (Å²) in [7, 11) is 0. The lowest BCUT2D eigenvalue weighted by Crippen LogP contribution is -2.05. The molecule has 24 heavy (non-hydrogen) atoms. The number of ether oxygens (including phenoxy) is 2. The van der Waals surface area contributed by atoms with Crippen LogP contribution in [0.2, 0.25) is 5.02 Å². The molecule has 0 radical (unpaired) electrons. The molecule has 0 saturated carbocycles. The molecule has 0 N–H and O–H groups in total. The van der Waals surface area contributed by atoms with E-state index in [0.717, 1.165) is 17.7 Å². The topological polar surface area (TPSA) is 47.9 Å². The van der Waals surface area contributed by atoms with Crippen molar-refractivity contribution in [1.29, 1.82) is 0 Å². The predicted octanol–water partition coefficient (Wildman–Crippen LogP) is 4.47. The zero-order valence-corrected chi connectivity index (χ0v) is 13.9. The largest absolute Gasteiger partial charge is 0.494 e. The normalized spacial score (nSPS) is 15.3. The molecule has 0 atom stereocenters. The summed E-state index contributed by atoms with van der Waals surface area (Å²) < 4.78 is 10.8. The lowest BCUT2D eigenvalue weighted by atomic mass is 10.2. The number of aliphatic imine (C=N–C) groups is 1. The summed E-state index contributed by atoms with van der Waals surface area (Å²) in [5.41, 5.74) is 1.79. The smallest absolute Gasteiger partial charge is 0.363 e. The number of carbonyl (C=O) groups is 1. The van der Waals surface area contributed by atoms with E-state index in [-0.39, 0.29) is 11.6 Å². The molecule has 0 saturated heterocycles. The van der Waals surface area contributed by atoms with Crippen LogP contribution in [-0.4, -0.2) is 18.5 Å². The van der Waals surface area contributed by atoms with E-state index in [4.69, 9.17) is 21.1 Å². The van der Waals surface area contributed by atoms with Gasteiger partial charge in [-0.2, -0.15) is 0 Å². The van der Waals surface area contributed by atoms with Crippen LogP contribution < -0.4 is 4.74 Å². The molecule has 0 aromatic heterocycles. The summed E-state index contributed by atoms with van der Waals surface area (Å²) in [6.45, 7) is 2.70. The van der Waals surface area contributed by atoms with Crippen molar-refractivity contribution in [2.75, 3.05) is 6.61 Å². The van der Waals surface area contributed by atoms with Crippen molar-refractivity contribution >= 4 is 29.5 Å². The van der Waals surface area contributed by atoms with Crippen molar-refractivity contribution in [1.82, 2.24) is 0 Å². The molecular formula is C19H16ClNO3. The van der Waals surface area contributed by atoms with Crippen LogP contribution in [0.1, 0.15) is 24.5 Å². The average Bonchev–Trinajstić information content (AvgIpc) is 2.95. The number of esters is 1. The van der Waals surface area contributed by atoms with Gasteiger partial charge in [0.05, 0.1) is 6.61 Å². The number of cyclic esters (lactones) is 1. The Balaban J connectivity index is 1.84. The quantitative estimate of drug-likeness (QED) is 0.595. The van der Waals surface area contributed by atoms with Gasteiger partial charge in [0.15, 0.2) is 5.70 Å². The fourth-order valence-electron chi connectivity index (χ4n) is 2.20. The van der Waals surface area contributed by atoms with Gasteiger partial charge < -0.3 is 9.47 Å². The van der Waals surface area contributed by atoms with Gasteiger partial charge in [-0.05, 0) is 54.5 Å². The first-order chi connectivity index (χ1) is 11.7. The molecule has 1 aliphatic rings. The zero-order valence-electron chi connectivity index (χ0n) is 13.2. The van der Waals surface area contributed by atoms with Crippen molar-refractivity contribution in [3.8, 4) is 5.75 Å². The van der Waals surface area contributed by atoms with Gasteiger partial charge in [-0.3, -0.25) is 0 Å². The van der Waals surface area contributed by atoms with Crippen molar-refractivity contribution in [2.24, 2.45) is 4.99 Å². The number of hydrogen-bond donors (Lipinski definition) is 0. The third-order valence-electron chi connectivity index (χ3n) is 3.35. The monoisotopic (exact) mass is 341 g/mol. The Morgan fingerprint density at radius 1 is 1.21 bits per heavy atom. The summed E-state index contributed by atoms with van der Waals surface area (Å²) in [4.78, 5) is 16.3. The number of carbonyl (C=O) groups excluding carboxylic acids is 1. The number of benzene rings is 2. The van der Waals surface area contributed by atoms with Crippen LogP contribution in [0.4, 0.5) is 0 Å². The van der Waals surface area contributed by atoms with Gasteiger partial charge in [0.2, 0.25) is 5.90 Å². The minimum Gasteiger partial charge on any atom is -0.494 e. The molecule has 0 unspecified atom stereocenters. The first-order valence-electron chi connectivity index (χ1n) is 7.67. The van der Waals surface area contributed by atoms with Crippen LogP contribution in [-0.2, 0) is 9.53 Å². The highest BCUT2D eigenvalue weighted by Gasteiger charge is 2.24. The molecule has 4 nitrogen and oxygen atoms in total. The fourth-order valence-corrected chi connectivity index (χ4v) is 2.32. The molecule has 2 aromatic rings. The van der Waals surface area contributed by atoms with E-state index in [1.807, 2.05) is 31.2 Å². The minimum absolute atomic E-state index is 0.257. The Hall–Kier alpha value is -2.59. The molecule has 2 aromatic carbocycles. The Morgan fingerprint density at radius 3 is 2.75 bits per heavy atom. The van der Waals surface area contributed by atoms with Crippen LogP contribution in [0.5, 0.6) is 5.75 Å². The van der Waals surface area contributed by atoms with Crippen molar-refractivity contribution in [3.63, 3.8) is 0 Å². The molecule has 0 aliphatic carbocycles. The third kappa shape index (κ3) is 3.84. The molecule has 5 heteroatoms. The lowest BCUT2D eigenvalue weighted by molar-refractivity contribution is -0.129.